The van der Waals surface area contributed by atoms with Gasteiger partial charge in [-0.1, -0.05) is 6.42 Å². The van der Waals surface area contributed by atoms with E-state index in [0.717, 1.165) is 53.9 Å². The highest BCUT2D eigenvalue weighted by atomic mass is 79.9. The molecule has 124 valence electrons. The molecule has 0 bridgehead atoms. The number of benzene rings is 1. The SMILES string of the molecule is O=C(O)[C@@]12CCC[C@H]1CN(Cc1cc(Br)c3c(c1)OCCO3)C2. The maximum atomic E-state index is 11.8. The number of ether oxygens (including phenoxy) is 2. The molecule has 3 aliphatic rings. The molecule has 1 saturated carbocycles. The number of rotatable bonds is 3. The van der Waals surface area contributed by atoms with Crippen molar-refractivity contribution in [2.45, 2.75) is 25.8 Å². The van der Waals surface area contributed by atoms with Crippen LogP contribution in [0.15, 0.2) is 16.6 Å². The highest BCUT2D eigenvalue weighted by Gasteiger charge is 2.54. The fourth-order valence-corrected chi connectivity index (χ4v) is 4.98. The Morgan fingerprint density at radius 2 is 2.22 bits per heavy atom. The van der Waals surface area contributed by atoms with Crippen LogP contribution in [0.4, 0.5) is 0 Å². The van der Waals surface area contributed by atoms with E-state index in [1.807, 2.05) is 6.07 Å². The molecule has 1 aliphatic carbocycles. The average molecular weight is 382 g/mol. The van der Waals surface area contributed by atoms with Crippen molar-refractivity contribution in [1.29, 1.82) is 0 Å². The van der Waals surface area contributed by atoms with Crippen LogP contribution in [0.2, 0.25) is 0 Å². The zero-order valence-corrected chi connectivity index (χ0v) is 14.5. The molecule has 0 unspecified atom stereocenters. The van der Waals surface area contributed by atoms with Gasteiger partial charge < -0.3 is 14.6 Å². The van der Waals surface area contributed by atoms with E-state index in [0.29, 0.717) is 25.7 Å². The number of hydrogen-bond acceptors (Lipinski definition) is 4. The Labute approximate surface area is 143 Å². The lowest BCUT2D eigenvalue weighted by Crippen LogP contribution is -2.35. The largest absolute Gasteiger partial charge is 0.486 e. The second kappa shape index (κ2) is 5.67. The van der Waals surface area contributed by atoms with Gasteiger partial charge in [-0.15, -0.1) is 0 Å². The summed E-state index contributed by atoms with van der Waals surface area (Å²) in [5.41, 5.74) is 0.604. The summed E-state index contributed by atoms with van der Waals surface area (Å²) in [6.07, 6.45) is 2.89. The Hall–Kier alpha value is -1.27. The van der Waals surface area contributed by atoms with Crippen molar-refractivity contribution in [3.63, 3.8) is 0 Å². The van der Waals surface area contributed by atoms with Crippen molar-refractivity contribution < 1.29 is 19.4 Å². The molecule has 0 aromatic heterocycles. The van der Waals surface area contributed by atoms with E-state index in [2.05, 4.69) is 26.9 Å². The zero-order chi connectivity index (χ0) is 16.0. The minimum Gasteiger partial charge on any atom is -0.486 e. The number of carbonyl (C=O) groups is 1. The molecule has 1 aromatic carbocycles. The summed E-state index contributed by atoms with van der Waals surface area (Å²) in [7, 11) is 0. The maximum absolute atomic E-state index is 11.8. The quantitative estimate of drug-likeness (QED) is 0.871. The van der Waals surface area contributed by atoms with Crippen LogP contribution < -0.4 is 9.47 Å². The van der Waals surface area contributed by atoms with Crippen molar-refractivity contribution in [3.05, 3.63) is 22.2 Å². The van der Waals surface area contributed by atoms with Crippen molar-refractivity contribution in [2.24, 2.45) is 11.3 Å². The van der Waals surface area contributed by atoms with Gasteiger partial charge in [0.25, 0.3) is 0 Å². The molecule has 2 fully saturated rings. The molecule has 0 spiro atoms. The summed E-state index contributed by atoms with van der Waals surface area (Å²) in [5.74, 6) is 1.21. The summed E-state index contributed by atoms with van der Waals surface area (Å²) < 4.78 is 12.2. The van der Waals surface area contributed by atoms with E-state index in [1.54, 1.807) is 0 Å². The zero-order valence-electron chi connectivity index (χ0n) is 12.9. The summed E-state index contributed by atoms with van der Waals surface area (Å²) in [5, 5.41) is 9.69. The van der Waals surface area contributed by atoms with E-state index >= 15 is 0 Å². The van der Waals surface area contributed by atoms with Gasteiger partial charge in [-0.2, -0.15) is 0 Å². The molecule has 23 heavy (non-hydrogen) atoms. The summed E-state index contributed by atoms with van der Waals surface area (Å²) in [6, 6.07) is 4.07. The predicted octanol–water partition coefficient (Wildman–Crippen LogP) is 2.91. The Balaban J connectivity index is 1.53. The molecule has 0 amide bonds. The fourth-order valence-electron chi connectivity index (χ4n) is 4.38. The first-order valence-electron chi connectivity index (χ1n) is 8.12. The molecule has 0 radical (unpaired) electrons. The van der Waals surface area contributed by atoms with E-state index in [9.17, 15) is 9.90 Å². The standard InChI is InChI=1S/C17H20BrNO4/c18-13-6-11(7-14-15(13)23-5-4-22-14)8-19-9-12-2-1-3-17(12,10-19)16(20)21/h6-7,12H,1-5,8-10H2,(H,20,21)/t12-,17+/m0/s1. The Morgan fingerprint density at radius 3 is 3.00 bits per heavy atom. The van der Waals surface area contributed by atoms with Crippen LogP contribution in [-0.4, -0.2) is 42.3 Å². The van der Waals surface area contributed by atoms with Crippen molar-refractivity contribution in [2.75, 3.05) is 26.3 Å². The highest BCUT2D eigenvalue weighted by molar-refractivity contribution is 9.10. The molecule has 1 saturated heterocycles. The minimum absolute atomic E-state index is 0.292. The van der Waals surface area contributed by atoms with Crippen LogP contribution >= 0.6 is 15.9 Å². The maximum Gasteiger partial charge on any atom is 0.311 e. The third-order valence-corrected chi connectivity index (χ3v) is 6.02. The van der Waals surface area contributed by atoms with Crippen molar-refractivity contribution >= 4 is 21.9 Å². The van der Waals surface area contributed by atoms with Gasteiger partial charge in [0.2, 0.25) is 0 Å². The topological polar surface area (TPSA) is 59.0 Å². The highest BCUT2D eigenvalue weighted by Crippen LogP contribution is 2.49. The lowest BCUT2D eigenvalue weighted by atomic mass is 9.81. The lowest BCUT2D eigenvalue weighted by molar-refractivity contribution is -0.149. The molecule has 1 N–H and O–H groups in total. The van der Waals surface area contributed by atoms with Gasteiger partial charge in [0.15, 0.2) is 11.5 Å². The van der Waals surface area contributed by atoms with Crippen LogP contribution in [0.1, 0.15) is 24.8 Å². The first-order chi connectivity index (χ1) is 11.1. The molecular weight excluding hydrogens is 362 g/mol. The van der Waals surface area contributed by atoms with Gasteiger partial charge in [0, 0.05) is 19.6 Å². The predicted molar refractivity (Wildman–Crippen MR) is 87.8 cm³/mol. The molecular formula is C17H20BrNO4. The number of fused-ring (bicyclic) bond motifs is 2. The average Bonchev–Trinajstić information content (AvgIpc) is 3.05. The molecule has 6 heteroatoms. The van der Waals surface area contributed by atoms with E-state index < -0.39 is 11.4 Å². The smallest absolute Gasteiger partial charge is 0.311 e. The molecule has 2 atom stereocenters. The van der Waals surface area contributed by atoms with Crippen molar-refractivity contribution in [1.82, 2.24) is 4.90 Å². The van der Waals surface area contributed by atoms with Gasteiger partial charge in [0.05, 0.1) is 9.89 Å². The van der Waals surface area contributed by atoms with E-state index in [1.165, 1.54) is 0 Å². The summed E-state index contributed by atoms with van der Waals surface area (Å²) in [4.78, 5) is 14.1. The van der Waals surface area contributed by atoms with Gasteiger partial charge >= 0.3 is 5.97 Å². The number of aliphatic carboxylic acids is 1. The number of carboxylic acid groups (broad SMARTS) is 1. The van der Waals surface area contributed by atoms with E-state index in [4.69, 9.17) is 9.47 Å². The second-order valence-corrected chi connectivity index (χ2v) is 7.68. The van der Waals surface area contributed by atoms with Gasteiger partial charge in [0.1, 0.15) is 13.2 Å². The first kappa shape index (κ1) is 15.3. The third-order valence-electron chi connectivity index (χ3n) is 5.43. The van der Waals surface area contributed by atoms with Crippen molar-refractivity contribution in [3.8, 4) is 11.5 Å². The van der Waals surface area contributed by atoms with Gasteiger partial charge in [-0.25, -0.2) is 0 Å². The summed E-state index contributed by atoms with van der Waals surface area (Å²) >= 11 is 3.55. The molecule has 2 heterocycles. The molecule has 1 aromatic rings. The summed E-state index contributed by atoms with van der Waals surface area (Å²) in [6.45, 7) is 3.41. The van der Waals surface area contributed by atoms with Crippen LogP contribution in [-0.2, 0) is 11.3 Å². The Kier molecular flexibility index (Phi) is 3.76. The molecule has 5 nitrogen and oxygen atoms in total. The first-order valence-corrected chi connectivity index (χ1v) is 8.91. The normalized spacial score (nSPS) is 29.5. The fraction of sp³-hybridized carbons (Fsp3) is 0.588. The van der Waals surface area contributed by atoms with Gasteiger partial charge in [-0.3, -0.25) is 9.69 Å². The number of hydrogen-bond donors (Lipinski definition) is 1. The monoisotopic (exact) mass is 381 g/mol. The van der Waals surface area contributed by atoms with Crippen LogP contribution in [0, 0.1) is 11.3 Å². The number of nitrogens with zero attached hydrogens (tertiary/aromatic N) is 1. The molecule has 4 rings (SSSR count). The lowest BCUT2D eigenvalue weighted by Gasteiger charge is -2.24. The number of carboxylic acids is 1. The van der Waals surface area contributed by atoms with Gasteiger partial charge in [-0.05, 0) is 52.4 Å². The van der Waals surface area contributed by atoms with Crippen LogP contribution in [0.25, 0.3) is 0 Å². The van der Waals surface area contributed by atoms with E-state index in [-0.39, 0.29) is 0 Å². The van der Waals surface area contributed by atoms with Crippen LogP contribution in [0.5, 0.6) is 11.5 Å². The Bertz CT molecular complexity index is 650. The van der Waals surface area contributed by atoms with Crippen LogP contribution in [0.3, 0.4) is 0 Å². The second-order valence-electron chi connectivity index (χ2n) is 6.82. The molecule has 2 aliphatic heterocycles. The Morgan fingerprint density at radius 1 is 1.39 bits per heavy atom. The number of likely N-dealkylation sites (tertiary alicyclic amines) is 1. The number of halogens is 1. The minimum atomic E-state index is -0.620. The third kappa shape index (κ3) is 2.52.